The minimum absolute atomic E-state index is 0.107. The van der Waals surface area contributed by atoms with Crippen LogP contribution in [-0.4, -0.2) is 51.7 Å². The van der Waals surface area contributed by atoms with E-state index in [2.05, 4.69) is 15.2 Å². The van der Waals surface area contributed by atoms with Crippen molar-refractivity contribution in [1.82, 2.24) is 19.8 Å². The van der Waals surface area contributed by atoms with E-state index >= 15 is 0 Å². The number of amides is 2. The van der Waals surface area contributed by atoms with Crippen LogP contribution in [0.3, 0.4) is 0 Å². The fourth-order valence-corrected chi connectivity index (χ4v) is 8.49. The summed E-state index contributed by atoms with van der Waals surface area (Å²) < 4.78 is 2.02. The Morgan fingerprint density at radius 2 is 1.51 bits per heavy atom. The topological polar surface area (TPSA) is 70.5 Å². The van der Waals surface area contributed by atoms with Crippen molar-refractivity contribution in [2.75, 3.05) is 18.0 Å². The first-order chi connectivity index (χ1) is 17.2. The number of carbonyl (C=O) groups is 1. The number of nitrogens with one attached hydrogen (secondary N) is 1. The summed E-state index contributed by atoms with van der Waals surface area (Å²) in [6, 6.07) is 9.78. The van der Waals surface area contributed by atoms with E-state index in [1.54, 1.807) is 0 Å². The molecule has 2 aromatic rings. The second-order valence-electron chi connectivity index (χ2n) is 11.8. The lowest BCUT2D eigenvalue weighted by atomic mass is 9.68. The van der Waals surface area contributed by atoms with Gasteiger partial charge in [-0.15, -0.1) is 0 Å². The van der Waals surface area contributed by atoms with Crippen LogP contribution in [0.2, 0.25) is 0 Å². The molecule has 7 heteroatoms. The summed E-state index contributed by atoms with van der Waals surface area (Å²) >= 11 is 0. The largest absolute Gasteiger partial charge is 0.336 e. The minimum atomic E-state index is -0.217. The molecule has 35 heavy (non-hydrogen) atoms. The second kappa shape index (κ2) is 8.61. The molecular weight excluding hydrogens is 438 g/mol. The molecule has 0 radical (unpaired) electrons. The van der Waals surface area contributed by atoms with E-state index in [0.29, 0.717) is 25.2 Å². The quantitative estimate of drug-likeness (QED) is 0.712. The molecule has 2 saturated carbocycles. The molecule has 1 N–H and O–H groups in total. The standard InChI is InChI=1S/C28H37N5O2/c34-27-26(31-12-11-29-28(31)35)30-24-9-1-2-10-25(24)33(27)23-16-20-7-4-8-21(17-23)32(20)22-14-18-5-3-6-19(13-18)15-22/h1-2,9-10,18-23H,3-8,11-17H2,(H,29,35)/t18-,19+,20-,21+,22?,23?. The van der Waals surface area contributed by atoms with Gasteiger partial charge in [-0.25, -0.2) is 9.78 Å². The summed E-state index contributed by atoms with van der Waals surface area (Å²) in [6.45, 7) is 1.05. The van der Waals surface area contributed by atoms with Crippen molar-refractivity contribution in [1.29, 1.82) is 0 Å². The molecule has 186 valence electrons. The van der Waals surface area contributed by atoms with Crippen LogP contribution >= 0.6 is 0 Å². The maximum Gasteiger partial charge on any atom is 0.323 e. The highest BCUT2D eigenvalue weighted by atomic mass is 16.2. The van der Waals surface area contributed by atoms with Crippen molar-refractivity contribution in [2.45, 2.75) is 94.8 Å². The van der Waals surface area contributed by atoms with E-state index in [-0.39, 0.29) is 23.5 Å². The van der Waals surface area contributed by atoms with E-state index in [4.69, 9.17) is 0 Å². The molecule has 1 aromatic carbocycles. The van der Waals surface area contributed by atoms with Gasteiger partial charge >= 0.3 is 6.03 Å². The Labute approximate surface area is 206 Å². The van der Waals surface area contributed by atoms with Gasteiger partial charge in [0, 0.05) is 37.3 Å². The molecule has 2 aliphatic carbocycles. The molecular formula is C28H37N5O2. The van der Waals surface area contributed by atoms with Crippen LogP contribution in [0.1, 0.15) is 76.7 Å². The molecule has 5 fully saturated rings. The normalized spacial score (nSPS) is 35.3. The van der Waals surface area contributed by atoms with Crippen molar-refractivity contribution >= 4 is 22.9 Å². The highest BCUT2D eigenvalue weighted by Gasteiger charge is 2.45. The van der Waals surface area contributed by atoms with E-state index in [1.807, 2.05) is 28.8 Å². The summed E-state index contributed by atoms with van der Waals surface area (Å²) in [5.41, 5.74) is 1.60. The Kier molecular flexibility index (Phi) is 5.37. The molecule has 6 atom stereocenters. The first-order valence-electron chi connectivity index (χ1n) is 14.0. The third-order valence-corrected chi connectivity index (χ3v) is 9.79. The molecule has 5 aliphatic rings. The molecule has 2 unspecified atom stereocenters. The Morgan fingerprint density at radius 3 is 2.23 bits per heavy atom. The zero-order valence-electron chi connectivity index (χ0n) is 20.6. The monoisotopic (exact) mass is 475 g/mol. The van der Waals surface area contributed by atoms with Gasteiger partial charge in [0.2, 0.25) is 5.82 Å². The number of hydrogen-bond acceptors (Lipinski definition) is 4. The number of hydrogen-bond donors (Lipinski definition) is 1. The number of fused-ring (bicyclic) bond motifs is 5. The summed E-state index contributed by atoms with van der Waals surface area (Å²) in [4.78, 5) is 35.5. The predicted molar refractivity (Wildman–Crippen MR) is 137 cm³/mol. The number of piperidine rings is 2. The molecule has 1 aromatic heterocycles. The van der Waals surface area contributed by atoms with Gasteiger partial charge in [0.15, 0.2) is 0 Å². The number of aromatic nitrogens is 2. The molecule has 3 saturated heterocycles. The van der Waals surface area contributed by atoms with Gasteiger partial charge in [-0.2, -0.15) is 0 Å². The number of para-hydroxylation sites is 2. The molecule has 3 aliphatic heterocycles. The highest BCUT2D eigenvalue weighted by molar-refractivity contribution is 5.93. The molecule has 4 heterocycles. The van der Waals surface area contributed by atoms with Crippen LogP contribution in [0.25, 0.3) is 11.0 Å². The Bertz CT molecular complexity index is 1170. The Balaban J connectivity index is 1.24. The summed E-state index contributed by atoms with van der Waals surface area (Å²) in [5.74, 6) is 2.16. The number of urea groups is 1. The predicted octanol–water partition coefficient (Wildman–Crippen LogP) is 4.45. The third-order valence-electron chi connectivity index (χ3n) is 9.79. The lowest BCUT2D eigenvalue weighted by molar-refractivity contribution is -0.0485. The average Bonchev–Trinajstić information content (AvgIpc) is 3.28. The summed E-state index contributed by atoms with van der Waals surface area (Å²) in [6.07, 6.45) is 14.4. The first kappa shape index (κ1) is 21.8. The summed E-state index contributed by atoms with van der Waals surface area (Å²) in [7, 11) is 0. The lowest BCUT2D eigenvalue weighted by Gasteiger charge is -2.55. The Morgan fingerprint density at radius 1 is 0.800 bits per heavy atom. The van der Waals surface area contributed by atoms with Crippen LogP contribution < -0.4 is 15.8 Å². The highest BCUT2D eigenvalue weighted by Crippen LogP contribution is 2.47. The molecule has 0 spiro atoms. The van der Waals surface area contributed by atoms with E-state index < -0.39 is 0 Å². The van der Waals surface area contributed by atoms with Gasteiger partial charge in [0.1, 0.15) is 0 Å². The molecule has 7 rings (SSSR count). The second-order valence-corrected chi connectivity index (χ2v) is 11.8. The van der Waals surface area contributed by atoms with E-state index in [9.17, 15) is 9.59 Å². The summed E-state index contributed by atoms with van der Waals surface area (Å²) in [5, 5.41) is 2.83. The van der Waals surface area contributed by atoms with Gasteiger partial charge in [-0.3, -0.25) is 14.6 Å². The van der Waals surface area contributed by atoms with Crippen molar-refractivity contribution in [2.24, 2.45) is 11.8 Å². The van der Waals surface area contributed by atoms with E-state index in [1.165, 1.54) is 62.7 Å². The number of rotatable bonds is 3. The van der Waals surface area contributed by atoms with Crippen LogP contribution in [-0.2, 0) is 0 Å². The Hall–Kier alpha value is -2.41. The van der Waals surface area contributed by atoms with Gasteiger partial charge < -0.3 is 9.88 Å². The van der Waals surface area contributed by atoms with Crippen LogP contribution in [0.5, 0.6) is 0 Å². The molecule has 2 amide bonds. The average molecular weight is 476 g/mol. The van der Waals surface area contributed by atoms with E-state index in [0.717, 1.165) is 41.8 Å². The minimum Gasteiger partial charge on any atom is -0.336 e. The zero-order valence-corrected chi connectivity index (χ0v) is 20.6. The van der Waals surface area contributed by atoms with Gasteiger partial charge in [-0.1, -0.05) is 37.8 Å². The van der Waals surface area contributed by atoms with Crippen molar-refractivity contribution < 1.29 is 4.79 Å². The van der Waals surface area contributed by atoms with Crippen LogP contribution in [0.15, 0.2) is 29.1 Å². The fourth-order valence-electron chi connectivity index (χ4n) is 8.49. The van der Waals surface area contributed by atoms with Gasteiger partial charge in [0.25, 0.3) is 5.56 Å². The van der Waals surface area contributed by atoms with Crippen molar-refractivity contribution in [3.63, 3.8) is 0 Å². The van der Waals surface area contributed by atoms with Crippen molar-refractivity contribution in [3.05, 3.63) is 34.6 Å². The molecule has 4 bridgehead atoms. The lowest BCUT2D eigenvalue weighted by Crippen LogP contribution is -2.58. The maximum atomic E-state index is 13.9. The number of nitrogens with zero attached hydrogens (tertiary/aromatic N) is 4. The van der Waals surface area contributed by atoms with Crippen LogP contribution in [0.4, 0.5) is 10.6 Å². The first-order valence-corrected chi connectivity index (χ1v) is 14.0. The number of anilines is 1. The smallest absolute Gasteiger partial charge is 0.323 e. The number of carbonyl (C=O) groups excluding carboxylic acids is 1. The van der Waals surface area contributed by atoms with Gasteiger partial charge in [0.05, 0.1) is 11.0 Å². The van der Waals surface area contributed by atoms with Crippen molar-refractivity contribution in [3.8, 4) is 0 Å². The van der Waals surface area contributed by atoms with Crippen LogP contribution in [0, 0.1) is 11.8 Å². The molecule has 7 nitrogen and oxygen atoms in total. The number of benzene rings is 1. The fraction of sp³-hybridized carbons (Fsp3) is 0.679. The maximum absolute atomic E-state index is 13.9. The van der Waals surface area contributed by atoms with Gasteiger partial charge in [-0.05, 0) is 68.9 Å². The SMILES string of the molecule is O=C1NCCN1c1nc2ccccc2n(C2C[C@H]3CCC[C@@H](C2)N3C2C[C@H]3CCC[C@@H](C2)C3)c1=O. The zero-order chi connectivity index (χ0) is 23.5. The third kappa shape index (κ3) is 3.69.